The third kappa shape index (κ3) is 11.5. The third-order valence-electron chi connectivity index (χ3n) is 3.07. The van der Waals surface area contributed by atoms with Crippen molar-refractivity contribution in [1.29, 1.82) is 0 Å². The van der Waals surface area contributed by atoms with Crippen LogP contribution in [0.4, 0.5) is 0 Å². The van der Waals surface area contributed by atoms with E-state index in [1.807, 2.05) is 19.9 Å². The smallest absolute Gasteiger partial charge is 0.303 e. The molecule has 0 aliphatic carbocycles. The Morgan fingerprint density at radius 2 is 1.82 bits per heavy atom. The molecule has 0 aromatic carbocycles. The maximum absolute atomic E-state index is 11.1. The summed E-state index contributed by atoms with van der Waals surface area (Å²) >= 11 is 3.40. The maximum Gasteiger partial charge on any atom is 0.303 e. The predicted molar refractivity (Wildman–Crippen MR) is 92.0 cm³/mol. The van der Waals surface area contributed by atoms with Crippen LogP contribution in [0.15, 0.2) is 23.8 Å². The fourth-order valence-electron chi connectivity index (χ4n) is 1.86. The number of hydrogen-bond acceptors (Lipinski definition) is 4. The standard InChI is InChI=1S/C17H27BrO4/c1-14(10-12-21-15(2)19)9-7-5-6-8-11-17(4,13-18)22-16(3)20/h5,7,10H,6,8-9,11-13H2,1-4H3/b7-5+,14-10+. The molecular formula is C17H27BrO4. The van der Waals surface area contributed by atoms with Crippen LogP contribution in [0, 0.1) is 0 Å². The summed E-state index contributed by atoms with van der Waals surface area (Å²) in [5.74, 6) is -0.506. The van der Waals surface area contributed by atoms with Crippen LogP contribution in [0.5, 0.6) is 0 Å². The van der Waals surface area contributed by atoms with E-state index in [0.29, 0.717) is 11.9 Å². The first-order chi connectivity index (χ1) is 10.3. The Hall–Kier alpha value is -1.10. The fraction of sp³-hybridized carbons (Fsp3) is 0.647. The molecule has 0 aromatic heterocycles. The maximum atomic E-state index is 11.1. The predicted octanol–water partition coefficient (Wildman–Crippen LogP) is 4.33. The highest BCUT2D eigenvalue weighted by molar-refractivity contribution is 9.09. The molecule has 0 spiro atoms. The van der Waals surface area contributed by atoms with E-state index >= 15 is 0 Å². The number of rotatable bonds is 10. The topological polar surface area (TPSA) is 52.6 Å². The van der Waals surface area contributed by atoms with Gasteiger partial charge in [-0.2, -0.15) is 0 Å². The van der Waals surface area contributed by atoms with Crippen LogP contribution in [0.3, 0.4) is 0 Å². The number of halogens is 1. The summed E-state index contributed by atoms with van der Waals surface area (Å²) in [4.78, 5) is 21.7. The van der Waals surface area contributed by atoms with Crippen molar-refractivity contribution in [2.45, 2.75) is 59.0 Å². The number of alkyl halides is 1. The van der Waals surface area contributed by atoms with Crippen molar-refractivity contribution in [2.24, 2.45) is 0 Å². The molecular weight excluding hydrogens is 348 g/mol. The Labute approximate surface area is 142 Å². The SMILES string of the molecule is CC(=O)OC/C=C(\C)C/C=C/CCCC(C)(CBr)OC(C)=O. The van der Waals surface area contributed by atoms with Crippen molar-refractivity contribution in [2.75, 3.05) is 11.9 Å². The molecule has 0 rings (SSSR count). The van der Waals surface area contributed by atoms with Gasteiger partial charge in [0.05, 0.1) is 0 Å². The molecule has 0 amide bonds. The summed E-state index contributed by atoms with van der Waals surface area (Å²) < 4.78 is 10.2. The van der Waals surface area contributed by atoms with Gasteiger partial charge in [-0.3, -0.25) is 9.59 Å². The summed E-state index contributed by atoms with van der Waals surface area (Å²) in [6, 6.07) is 0. The van der Waals surface area contributed by atoms with Gasteiger partial charge in [0.1, 0.15) is 12.2 Å². The monoisotopic (exact) mass is 374 g/mol. The molecule has 0 aliphatic heterocycles. The minimum absolute atomic E-state index is 0.244. The summed E-state index contributed by atoms with van der Waals surface area (Å²) in [5, 5.41) is 0.640. The lowest BCUT2D eigenvalue weighted by Crippen LogP contribution is -2.32. The molecule has 4 nitrogen and oxygen atoms in total. The number of ether oxygens (including phenoxy) is 2. The van der Waals surface area contributed by atoms with E-state index in [1.165, 1.54) is 19.4 Å². The Balaban J connectivity index is 3.95. The molecule has 126 valence electrons. The average molecular weight is 375 g/mol. The second-order valence-corrected chi connectivity index (χ2v) is 6.16. The first-order valence-electron chi connectivity index (χ1n) is 7.48. The van der Waals surface area contributed by atoms with Crippen molar-refractivity contribution in [1.82, 2.24) is 0 Å². The molecule has 0 saturated carbocycles. The van der Waals surface area contributed by atoms with Gasteiger partial charge in [0.15, 0.2) is 0 Å². The first-order valence-corrected chi connectivity index (χ1v) is 8.61. The number of hydrogen-bond donors (Lipinski definition) is 0. The van der Waals surface area contributed by atoms with Gasteiger partial charge in [-0.15, -0.1) is 0 Å². The van der Waals surface area contributed by atoms with Gasteiger partial charge in [0.2, 0.25) is 0 Å². The minimum atomic E-state index is -0.431. The summed E-state index contributed by atoms with van der Waals surface area (Å²) in [6.45, 7) is 7.12. The van der Waals surface area contributed by atoms with Crippen LogP contribution in [0.25, 0.3) is 0 Å². The Bertz CT molecular complexity index is 415. The Morgan fingerprint density at radius 3 is 2.36 bits per heavy atom. The molecule has 0 fully saturated rings. The zero-order valence-electron chi connectivity index (χ0n) is 14.0. The van der Waals surface area contributed by atoms with E-state index in [2.05, 4.69) is 28.1 Å². The number of unbranched alkanes of at least 4 members (excludes halogenated alkanes) is 1. The molecule has 0 N–H and O–H groups in total. The lowest BCUT2D eigenvalue weighted by molar-refractivity contribution is -0.153. The molecule has 0 saturated heterocycles. The van der Waals surface area contributed by atoms with Gasteiger partial charge in [0.25, 0.3) is 0 Å². The molecule has 0 radical (unpaired) electrons. The largest absolute Gasteiger partial charge is 0.462 e. The Morgan fingerprint density at radius 1 is 1.14 bits per heavy atom. The number of carbonyl (C=O) groups is 2. The highest BCUT2D eigenvalue weighted by Gasteiger charge is 2.25. The lowest BCUT2D eigenvalue weighted by Gasteiger charge is -2.26. The van der Waals surface area contributed by atoms with Gasteiger partial charge in [0, 0.05) is 19.2 Å². The number of esters is 2. The van der Waals surface area contributed by atoms with Crippen molar-refractivity contribution in [3.63, 3.8) is 0 Å². The van der Waals surface area contributed by atoms with Crippen molar-refractivity contribution >= 4 is 27.9 Å². The van der Waals surface area contributed by atoms with Gasteiger partial charge < -0.3 is 9.47 Å². The van der Waals surface area contributed by atoms with Gasteiger partial charge >= 0.3 is 11.9 Å². The highest BCUT2D eigenvalue weighted by atomic mass is 79.9. The summed E-state index contributed by atoms with van der Waals surface area (Å²) in [5.41, 5.74) is 0.738. The van der Waals surface area contributed by atoms with Crippen LogP contribution in [0.2, 0.25) is 0 Å². The van der Waals surface area contributed by atoms with Gasteiger partial charge in [-0.05, 0) is 45.6 Å². The zero-order valence-corrected chi connectivity index (χ0v) is 15.6. The molecule has 0 heterocycles. The second-order valence-electron chi connectivity index (χ2n) is 5.60. The van der Waals surface area contributed by atoms with E-state index in [1.54, 1.807) is 0 Å². The average Bonchev–Trinajstić information content (AvgIpc) is 2.41. The molecule has 0 aromatic rings. The minimum Gasteiger partial charge on any atom is -0.462 e. The van der Waals surface area contributed by atoms with E-state index in [0.717, 1.165) is 25.7 Å². The zero-order chi connectivity index (χ0) is 17.0. The summed E-state index contributed by atoms with van der Waals surface area (Å²) in [7, 11) is 0. The first kappa shape index (κ1) is 20.9. The van der Waals surface area contributed by atoms with E-state index in [-0.39, 0.29) is 11.9 Å². The second kappa shape index (κ2) is 11.5. The number of allylic oxidation sites excluding steroid dienone is 3. The molecule has 22 heavy (non-hydrogen) atoms. The quantitative estimate of drug-likeness (QED) is 0.247. The molecule has 1 unspecified atom stereocenters. The van der Waals surface area contributed by atoms with Crippen molar-refractivity contribution < 1.29 is 19.1 Å². The third-order valence-corrected chi connectivity index (χ3v) is 4.26. The fourth-order valence-corrected chi connectivity index (χ4v) is 2.25. The molecule has 5 heteroatoms. The number of carbonyl (C=O) groups excluding carboxylic acids is 2. The van der Waals surface area contributed by atoms with Crippen molar-refractivity contribution in [3.05, 3.63) is 23.8 Å². The van der Waals surface area contributed by atoms with Crippen molar-refractivity contribution in [3.8, 4) is 0 Å². The van der Waals surface area contributed by atoms with Crippen LogP contribution in [-0.4, -0.2) is 29.5 Å². The van der Waals surface area contributed by atoms with E-state index in [9.17, 15) is 9.59 Å². The molecule has 1 atom stereocenters. The molecule has 0 aliphatic rings. The normalized spacial score (nSPS) is 14.7. The van der Waals surface area contributed by atoms with Crippen LogP contribution in [0.1, 0.15) is 53.4 Å². The Kier molecular flexibility index (Phi) is 10.9. The van der Waals surface area contributed by atoms with E-state index < -0.39 is 5.60 Å². The van der Waals surface area contributed by atoms with Gasteiger partial charge in [-0.1, -0.05) is 33.7 Å². The summed E-state index contributed by atoms with van der Waals surface area (Å²) in [6.07, 6.45) is 9.73. The lowest BCUT2D eigenvalue weighted by atomic mass is 10.0. The van der Waals surface area contributed by atoms with Crippen LogP contribution >= 0.6 is 15.9 Å². The van der Waals surface area contributed by atoms with Crippen LogP contribution in [-0.2, 0) is 19.1 Å². The van der Waals surface area contributed by atoms with E-state index in [4.69, 9.17) is 9.47 Å². The highest BCUT2D eigenvalue weighted by Crippen LogP contribution is 2.21. The van der Waals surface area contributed by atoms with Gasteiger partial charge in [-0.25, -0.2) is 0 Å². The molecule has 0 bridgehead atoms. The van der Waals surface area contributed by atoms with Crippen LogP contribution < -0.4 is 0 Å².